The second-order valence-electron chi connectivity index (χ2n) is 7.72. The maximum atomic E-state index is 13.2. The van der Waals surface area contributed by atoms with Gasteiger partial charge in [0, 0.05) is 34.8 Å². The van der Waals surface area contributed by atoms with E-state index in [1.807, 2.05) is 6.92 Å². The number of nitrogens with two attached hydrogens (primary N) is 1. The van der Waals surface area contributed by atoms with Gasteiger partial charge in [0.1, 0.15) is 0 Å². The number of anilines is 1. The SMILES string of the molecule is CCC(=O)NC1CCCC(N)C1Nc1cccc2c1C(=O)c1ccccc1C2=O. The van der Waals surface area contributed by atoms with Crippen LogP contribution in [0.4, 0.5) is 5.69 Å². The molecule has 2 aliphatic carbocycles. The molecule has 4 rings (SSSR count). The summed E-state index contributed by atoms with van der Waals surface area (Å²) in [6.07, 6.45) is 3.00. The third-order valence-corrected chi connectivity index (χ3v) is 5.89. The molecule has 2 aromatic carbocycles. The van der Waals surface area contributed by atoms with E-state index >= 15 is 0 Å². The lowest BCUT2D eigenvalue weighted by atomic mass is 9.82. The van der Waals surface area contributed by atoms with Crippen LogP contribution >= 0.6 is 0 Å². The maximum Gasteiger partial charge on any atom is 0.220 e. The van der Waals surface area contributed by atoms with Gasteiger partial charge in [-0.05, 0) is 25.3 Å². The lowest BCUT2D eigenvalue weighted by Crippen LogP contribution is -2.57. The Morgan fingerprint density at radius 3 is 2.41 bits per heavy atom. The third kappa shape index (κ3) is 3.44. The van der Waals surface area contributed by atoms with Gasteiger partial charge in [0.05, 0.1) is 17.6 Å². The summed E-state index contributed by atoms with van der Waals surface area (Å²) in [4.78, 5) is 38.1. The average Bonchev–Trinajstić information content (AvgIpc) is 2.74. The predicted octanol–water partition coefficient (Wildman–Crippen LogP) is 2.65. The quantitative estimate of drug-likeness (QED) is 0.635. The Morgan fingerprint density at radius 1 is 1.00 bits per heavy atom. The summed E-state index contributed by atoms with van der Waals surface area (Å²) in [7, 11) is 0. The number of rotatable bonds is 4. The minimum Gasteiger partial charge on any atom is -0.378 e. The number of amides is 1. The molecule has 0 saturated heterocycles. The van der Waals surface area contributed by atoms with Gasteiger partial charge in [0.15, 0.2) is 11.6 Å². The molecule has 0 bridgehead atoms. The van der Waals surface area contributed by atoms with Crippen molar-refractivity contribution in [1.29, 1.82) is 0 Å². The number of fused-ring (bicyclic) bond motifs is 2. The minimum absolute atomic E-state index is 0.0221. The Morgan fingerprint density at radius 2 is 1.69 bits per heavy atom. The van der Waals surface area contributed by atoms with Crippen LogP contribution in [-0.2, 0) is 4.79 Å². The lowest BCUT2D eigenvalue weighted by Gasteiger charge is -2.38. The van der Waals surface area contributed by atoms with Crippen LogP contribution in [0.2, 0.25) is 0 Å². The van der Waals surface area contributed by atoms with E-state index in [-0.39, 0.29) is 35.6 Å². The zero-order chi connectivity index (χ0) is 20.5. The third-order valence-electron chi connectivity index (χ3n) is 5.89. The van der Waals surface area contributed by atoms with Crippen molar-refractivity contribution in [3.05, 3.63) is 64.7 Å². The largest absolute Gasteiger partial charge is 0.378 e. The molecule has 6 heteroatoms. The summed E-state index contributed by atoms with van der Waals surface area (Å²) in [5.74, 6) is -0.342. The van der Waals surface area contributed by atoms with E-state index in [4.69, 9.17) is 5.73 Å². The van der Waals surface area contributed by atoms with Gasteiger partial charge in [0.2, 0.25) is 5.91 Å². The first kappa shape index (κ1) is 19.3. The average molecular weight is 391 g/mol. The molecule has 0 spiro atoms. The van der Waals surface area contributed by atoms with Crippen molar-refractivity contribution in [2.75, 3.05) is 5.32 Å². The van der Waals surface area contributed by atoms with Gasteiger partial charge in [-0.1, -0.05) is 43.3 Å². The lowest BCUT2D eigenvalue weighted by molar-refractivity contribution is -0.121. The molecule has 0 radical (unpaired) electrons. The molecule has 4 N–H and O–H groups in total. The van der Waals surface area contributed by atoms with Gasteiger partial charge in [-0.3, -0.25) is 14.4 Å². The van der Waals surface area contributed by atoms with Crippen LogP contribution in [0.5, 0.6) is 0 Å². The highest BCUT2D eigenvalue weighted by Crippen LogP contribution is 2.33. The van der Waals surface area contributed by atoms with Crippen LogP contribution in [0.1, 0.15) is 64.4 Å². The van der Waals surface area contributed by atoms with Crippen LogP contribution in [0.3, 0.4) is 0 Å². The summed E-state index contributed by atoms with van der Waals surface area (Å²) in [6, 6.07) is 11.7. The molecule has 1 saturated carbocycles. The normalized spacial score (nSPS) is 23.2. The summed E-state index contributed by atoms with van der Waals surface area (Å²) in [5, 5.41) is 6.46. The van der Waals surface area contributed by atoms with Gasteiger partial charge < -0.3 is 16.4 Å². The fourth-order valence-corrected chi connectivity index (χ4v) is 4.35. The van der Waals surface area contributed by atoms with Crippen LogP contribution in [0.25, 0.3) is 0 Å². The van der Waals surface area contributed by atoms with Gasteiger partial charge in [0.25, 0.3) is 0 Å². The zero-order valence-electron chi connectivity index (χ0n) is 16.4. The molecule has 3 atom stereocenters. The first-order valence-electron chi connectivity index (χ1n) is 10.1. The molecule has 1 amide bonds. The summed E-state index contributed by atoms with van der Waals surface area (Å²) in [5.41, 5.74) is 8.61. The molecule has 150 valence electrons. The molecule has 0 aromatic heterocycles. The Hall–Kier alpha value is -2.99. The minimum atomic E-state index is -0.217. The second-order valence-corrected chi connectivity index (χ2v) is 7.72. The van der Waals surface area contributed by atoms with Crippen molar-refractivity contribution in [3.8, 4) is 0 Å². The first-order valence-corrected chi connectivity index (χ1v) is 10.1. The highest BCUT2D eigenvalue weighted by Gasteiger charge is 2.35. The molecule has 3 unspecified atom stereocenters. The van der Waals surface area contributed by atoms with E-state index in [1.54, 1.807) is 42.5 Å². The van der Waals surface area contributed by atoms with Crippen LogP contribution in [0, 0.1) is 0 Å². The monoisotopic (exact) mass is 391 g/mol. The van der Waals surface area contributed by atoms with Gasteiger partial charge in [-0.15, -0.1) is 0 Å². The molecule has 1 fully saturated rings. The molecule has 2 aliphatic rings. The van der Waals surface area contributed by atoms with E-state index in [9.17, 15) is 14.4 Å². The van der Waals surface area contributed by atoms with Crippen molar-refractivity contribution in [1.82, 2.24) is 5.32 Å². The molecular formula is C23H25N3O3. The molecular weight excluding hydrogens is 366 g/mol. The maximum absolute atomic E-state index is 13.2. The fourth-order valence-electron chi connectivity index (χ4n) is 4.35. The second kappa shape index (κ2) is 7.79. The van der Waals surface area contributed by atoms with Crippen LogP contribution in [-0.4, -0.2) is 35.6 Å². The zero-order valence-corrected chi connectivity index (χ0v) is 16.4. The van der Waals surface area contributed by atoms with Crippen molar-refractivity contribution in [2.45, 2.75) is 50.7 Å². The summed E-state index contributed by atoms with van der Waals surface area (Å²) >= 11 is 0. The number of benzene rings is 2. The van der Waals surface area contributed by atoms with Gasteiger partial charge >= 0.3 is 0 Å². The van der Waals surface area contributed by atoms with Crippen LogP contribution in [0.15, 0.2) is 42.5 Å². The summed E-state index contributed by atoms with van der Waals surface area (Å²) in [6.45, 7) is 1.82. The highest BCUT2D eigenvalue weighted by atomic mass is 16.2. The van der Waals surface area contributed by atoms with E-state index in [0.717, 1.165) is 19.3 Å². The topological polar surface area (TPSA) is 101 Å². The Kier molecular flexibility index (Phi) is 5.20. The van der Waals surface area contributed by atoms with Crippen LogP contribution < -0.4 is 16.4 Å². The molecule has 0 heterocycles. The predicted molar refractivity (Wildman–Crippen MR) is 111 cm³/mol. The van der Waals surface area contributed by atoms with E-state index < -0.39 is 0 Å². The Balaban J connectivity index is 1.70. The summed E-state index contributed by atoms with van der Waals surface area (Å²) < 4.78 is 0. The molecule has 2 aromatic rings. The van der Waals surface area contributed by atoms with E-state index in [1.165, 1.54) is 0 Å². The number of hydrogen-bond acceptors (Lipinski definition) is 5. The number of carbonyl (C=O) groups excluding carboxylic acids is 3. The molecule has 29 heavy (non-hydrogen) atoms. The first-order chi connectivity index (χ1) is 14.0. The van der Waals surface area contributed by atoms with Crippen molar-refractivity contribution >= 4 is 23.2 Å². The van der Waals surface area contributed by atoms with Gasteiger partial charge in [-0.2, -0.15) is 0 Å². The number of nitrogens with one attached hydrogen (secondary N) is 2. The standard InChI is InChI=1S/C23H25N3O3/c1-2-19(27)25-18-12-6-10-16(24)21(18)26-17-11-5-9-15-20(17)23(29)14-8-4-3-7-13(14)22(15)28/h3-5,7-9,11,16,18,21,26H,2,6,10,12,24H2,1H3,(H,25,27). The van der Waals surface area contributed by atoms with E-state index in [2.05, 4.69) is 10.6 Å². The van der Waals surface area contributed by atoms with Crippen molar-refractivity contribution in [3.63, 3.8) is 0 Å². The smallest absolute Gasteiger partial charge is 0.220 e. The van der Waals surface area contributed by atoms with E-state index in [0.29, 0.717) is 34.4 Å². The number of carbonyl (C=O) groups is 3. The Labute approximate surface area is 169 Å². The number of hydrogen-bond donors (Lipinski definition) is 3. The molecule has 6 nitrogen and oxygen atoms in total. The fraction of sp³-hybridized carbons (Fsp3) is 0.348. The molecule has 0 aliphatic heterocycles. The van der Waals surface area contributed by atoms with Crippen molar-refractivity contribution < 1.29 is 14.4 Å². The van der Waals surface area contributed by atoms with Crippen molar-refractivity contribution in [2.24, 2.45) is 5.73 Å². The van der Waals surface area contributed by atoms with Gasteiger partial charge in [-0.25, -0.2) is 0 Å². The number of ketones is 2. The Bertz CT molecular complexity index is 985. The highest BCUT2D eigenvalue weighted by molar-refractivity contribution is 6.30.